The summed E-state index contributed by atoms with van der Waals surface area (Å²) in [7, 11) is 0. The minimum atomic E-state index is 0.452. The Bertz CT molecular complexity index is 415. The third-order valence-corrected chi connectivity index (χ3v) is 2.91. The van der Waals surface area contributed by atoms with Crippen molar-refractivity contribution in [3.05, 3.63) is 29.3 Å². The fraction of sp³-hybridized carbons (Fsp3) is 0.333. The molecule has 0 aliphatic rings. The van der Waals surface area contributed by atoms with Gasteiger partial charge in [0, 0.05) is 6.54 Å². The molecule has 15 heavy (non-hydrogen) atoms. The van der Waals surface area contributed by atoms with Crippen LogP contribution in [0.25, 0.3) is 0 Å². The second kappa shape index (κ2) is 4.63. The van der Waals surface area contributed by atoms with Gasteiger partial charge in [0.2, 0.25) is 0 Å². The van der Waals surface area contributed by atoms with Gasteiger partial charge in [0.05, 0.1) is 24.5 Å². The molecule has 0 aliphatic heterocycles. The molecule has 0 radical (unpaired) electrons. The van der Waals surface area contributed by atoms with E-state index >= 15 is 0 Å². The number of nitrogens with zero attached hydrogens (tertiary/aromatic N) is 3. The highest BCUT2D eigenvalue weighted by Gasteiger charge is 2.14. The Balaban J connectivity index is 2.15. The van der Waals surface area contributed by atoms with Gasteiger partial charge < -0.3 is 9.32 Å². The standard InChI is InChI=1S/C9H10ClN3OS/c1-2-13(6-7-4-3-5-14-7)9-8(10)11-15-12-9/h3-5H,2,6H2,1H3. The zero-order valence-corrected chi connectivity index (χ0v) is 9.75. The van der Waals surface area contributed by atoms with Crippen molar-refractivity contribution in [3.63, 3.8) is 0 Å². The van der Waals surface area contributed by atoms with Crippen molar-refractivity contribution in [2.24, 2.45) is 0 Å². The van der Waals surface area contributed by atoms with Crippen molar-refractivity contribution in [1.82, 2.24) is 8.75 Å². The predicted molar refractivity (Wildman–Crippen MR) is 60.4 cm³/mol. The van der Waals surface area contributed by atoms with Crippen LogP contribution in [0, 0.1) is 0 Å². The summed E-state index contributed by atoms with van der Waals surface area (Å²) in [4.78, 5) is 2.02. The second-order valence-electron chi connectivity index (χ2n) is 2.97. The van der Waals surface area contributed by atoms with Crippen LogP contribution >= 0.6 is 23.3 Å². The van der Waals surface area contributed by atoms with E-state index in [1.54, 1.807) is 6.26 Å². The van der Waals surface area contributed by atoms with E-state index in [1.807, 2.05) is 24.0 Å². The summed E-state index contributed by atoms with van der Waals surface area (Å²) in [6.07, 6.45) is 1.66. The molecule has 0 atom stereocenters. The maximum Gasteiger partial charge on any atom is 0.187 e. The molecule has 80 valence electrons. The molecule has 2 aromatic heterocycles. The summed E-state index contributed by atoms with van der Waals surface area (Å²) < 4.78 is 13.4. The van der Waals surface area contributed by atoms with E-state index < -0.39 is 0 Å². The first-order valence-electron chi connectivity index (χ1n) is 4.56. The van der Waals surface area contributed by atoms with Crippen LogP contribution in [0.3, 0.4) is 0 Å². The smallest absolute Gasteiger partial charge is 0.187 e. The molecule has 0 bridgehead atoms. The number of rotatable bonds is 4. The molecule has 2 rings (SSSR count). The predicted octanol–water partition coefficient (Wildman–Crippen LogP) is 2.81. The van der Waals surface area contributed by atoms with Crippen LogP contribution in [0.1, 0.15) is 12.7 Å². The molecule has 2 aromatic rings. The van der Waals surface area contributed by atoms with Crippen LogP contribution in [0.15, 0.2) is 22.8 Å². The summed E-state index contributed by atoms with van der Waals surface area (Å²) in [6, 6.07) is 3.79. The Morgan fingerprint density at radius 1 is 1.53 bits per heavy atom. The van der Waals surface area contributed by atoms with Gasteiger partial charge in [-0.3, -0.25) is 0 Å². The highest BCUT2D eigenvalue weighted by molar-refractivity contribution is 6.99. The highest BCUT2D eigenvalue weighted by Crippen LogP contribution is 2.24. The van der Waals surface area contributed by atoms with Crippen LogP contribution in [0.4, 0.5) is 5.82 Å². The maximum atomic E-state index is 5.92. The van der Waals surface area contributed by atoms with Crippen molar-refractivity contribution in [1.29, 1.82) is 0 Å². The lowest BCUT2D eigenvalue weighted by atomic mass is 10.4. The zero-order chi connectivity index (χ0) is 10.7. The van der Waals surface area contributed by atoms with E-state index in [0.29, 0.717) is 11.7 Å². The fourth-order valence-electron chi connectivity index (χ4n) is 1.29. The average Bonchev–Trinajstić information content (AvgIpc) is 2.85. The molecule has 0 unspecified atom stereocenters. The first kappa shape index (κ1) is 10.4. The molecule has 2 heterocycles. The van der Waals surface area contributed by atoms with Gasteiger partial charge in [-0.2, -0.15) is 8.75 Å². The Morgan fingerprint density at radius 3 is 2.93 bits per heavy atom. The molecule has 0 amide bonds. The van der Waals surface area contributed by atoms with E-state index in [1.165, 1.54) is 0 Å². The molecule has 0 saturated heterocycles. The third kappa shape index (κ3) is 2.30. The molecule has 0 fully saturated rings. The average molecular weight is 244 g/mol. The molecule has 0 aromatic carbocycles. The number of halogens is 1. The molecule has 6 heteroatoms. The SMILES string of the molecule is CCN(Cc1ccco1)c1nsnc1Cl. The fourth-order valence-corrected chi connectivity index (χ4v) is 2.07. The van der Waals surface area contributed by atoms with Gasteiger partial charge in [-0.1, -0.05) is 11.6 Å². The van der Waals surface area contributed by atoms with Gasteiger partial charge in [0.15, 0.2) is 11.0 Å². The summed E-state index contributed by atoms with van der Waals surface area (Å²) >= 11 is 7.04. The van der Waals surface area contributed by atoms with Crippen molar-refractivity contribution in [2.45, 2.75) is 13.5 Å². The van der Waals surface area contributed by atoms with Gasteiger partial charge in [-0.05, 0) is 19.1 Å². The lowest BCUT2D eigenvalue weighted by Crippen LogP contribution is -2.22. The summed E-state index contributed by atoms with van der Waals surface area (Å²) in [5.41, 5.74) is 0. The lowest BCUT2D eigenvalue weighted by Gasteiger charge is -2.18. The van der Waals surface area contributed by atoms with Gasteiger partial charge in [-0.25, -0.2) is 0 Å². The Hall–Kier alpha value is -1.07. The molecular weight excluding hydrogens is 234 g/mol. The maximum absolute atomic E-state index is 5.92. The van der Waals surface area contributed by atoms with Crippen LogP contribution in [0.5, 0.6) is 0 Å². The largest absolute Gasteiger partial charge is 0.467 e. The molecule has 0 aliphatic carbocycles. The lowest BCUT2D eigenvalue weighted by molar-refractivity contribution is 0.503. The molecular formula is C9H10ClN3OS. The van der Waals surface area contributed by atoms with Crippen molar-refractivity contribution in [2.75, 3.05) is 11.4 Å². The number of aromatic nitrogens is 2. The third-order valence-electron chi connectivity index (χ3n) is 2.04. The Kier molecular flexibility index (Phi) is 3.23. The van der Waals surface area contributed by atoms with Gasteiger partial charge >= 0.3 is 0 Å². The minimum Gasteiger partial charge on any atom is -0.467 e. The van der Waals surface area contributed by atoms with E-state index in [4.69, 9.17) is 16.0 Å². The van der Waals surface area contributed by atoms with Crippen molar-refractivity contribution < 1.29 is 4.42 Å². The first-order valence-corrected chi connectivity index (χ1v) is 5.67. The quantitative estimate of drug-likeness (QED) is 0.828. The van der Waals surface area contributed by atoms with E-state index in [-0.39, 0.29) is 0 Å². The van der Waals surface area contributed by atoms with Crippen LogP contribution in [-0.2, 0) is 6.54 Å². The monoisotopic (exact) mass is 243 g/mol. The summed E-state index contributed by atoms with van der Waals surface area (Å²) in [5.74, 6) is 1.61. The van der Waals surface area contributed by atoms with E-state index in [2.05, 4.69) is 8.75 Å². The van der Waals surface area contributed by atoms with Gasteiger partial charge in [0.1, 0.15) is 5.76 Å². The zero-order valence-electron chi connectivity index (χ0n) is 8.18. The highest BCUT2D eigenvalue weighted by atomic mass is 35.5. The minimum absolute atomic E-state index is 0.452. The summed E-state index contributed by atoms with van der Waals surface area (Å²) in [6.45, 7) is 3.51. The van der Waals surface area contributed by atoms with Gasteiger partial charge in [0.25, 0.3) is 0 Å². The second-order valence-corrected chi connectivity index (χ2v) is 3.86. The van der Waals surface area contributed by atoms with Gasteiger partial charge in [-0.15, -0.1) is 0 Å². The molecule has 0 spiro atoms. The first-order chi connectivity index (χ1) is 7.31. The Labute approximate surface area is 96.8 Å². The van der Waals surface area contributed by atoms with Crippen molar-refractivity contribution >= 4 is 29.1 Å². The number of hydrogen-bond donors (Lipinski definition) is 0. The van der Waals surface area contributed by atoms with Crippen LogP contribution in [-0.4, -0.2) is 15.3 Å². The van der Waals surface area contributed by atoms with Crippen LogP contribution in [0.2, 0.25) is 5.15 Å². The number of furan rings is 1. The molecule has 0 N–H and O–H groups in total. The number of anilines is 1. The van der Waals surface area contributed by atoms with E-state index in [9.17, 15) is 0 Å². The van der Waals surface area contributed by atoms with Crippen molar-refractivity contribution in [3.8, 4) is 0 Å². The topological polar surface area (TPSA) is 42.2 Å². The normalized spacial score (nSPS) is 10.5. The molecule has 0 saturated carbocycles. The Morgan fingerprint density at radius 2 is 2.40 bits per heavy atom. The van der Waals surface area contributed by atoms with Crippen LogP contribution < -0.4 is 4.90 Å². The number of hydrogen-bond acceptors (Lipinski definition) is 5. The molecule has 4 nitrogen and oxygen atoms in total. The van der Waals surface area contributed by atoms with E-state index in [0.717, 1.165) is 29.9 Å². The summed E-state index contributed by atoms with van der Waals surface area (Å²) in [5, 5.41) is 0.452.